The van der Waals surface area contributed by atoms with Gasteiger partial charge in [-0.05, 0) is 23.8 Å². The third-order valence-electron chi connectivity index (χ3n) is 2.54. The van der Waals surface area contributed by atoms with Crippen molar-refractivity contribution < 1.29 is 27.1 Å². The lowest BCUT2D eigenvalue weighted by atomic mass is 10.0. The van der Waals surface area contributed by atoms with Crippen LogP contribution in [0.2, 0.25) is 0 Å². The van der Waals surface area contributed by atoms with Gasteiger partial charge in [-0.3, -0.25) is 0 Å². The first kappa shape index (κ1) is 13.2. The summed E-state index contributed by atoms with van der Waals surface area (Å²) in [7, 11) is 1.17. The lowest BCUT2D eigenvalue weighted by molar-refractivity contribution is -0.137. The summed E-state index contributed by atoms with van der Waals surface area (Å²) in [5, 5.41) is 0. The summed E-state index contributed by atoms with van der Waals surface area (Å²) in [6, 6.07) is 6.07. The largest absolute Gasteiger partial charge is 0.463 e. The fourth-order valence-electron chi connectivity index (χ4n) is 1.65. The van der Waals surface area contributed by atoms with E-state index in [9.17, 15) is 18.0 Å². The first-order valence-corrected chi connectivity index (χ1v) is 5.27. The third kappa shape index (κ3) is 2.62. The number of carbonyl (C=O) groups excluding carboxylic acids is 1. The number of hydrogen-bond acceptors (Lipinski definition) is 3. The molecule has 0 bridgehead atoms. The maximum absolute atomic E-state index is 12.6. The molecule has 0 aliphatic heterocycles. The van der Waals surface area contributed by atoms with Crippen LogP contribution in [0, 0.1) is 0 Å². The second kappa shape index (κ2) is 4.79. The zero-order valence-electron chi connectivity index (χ0n) is 9.82. The Morgan fingerprint density at radius 2 is 2.00 bits per heavy atom. The Kier molecular flexibility index (Phi) is 3.33. The zero-order chi connectivity index (χ0) is 14.0. The smallest absolute Gasteiger partial charge is 0.416 e. The summed E-state index contributed by atoms with van der Waals surface area (Å²) in [5.74, 6) is -0.862. The van der Waals surface area contributed by atoms with E-state index in [-0.39, 0.29) is 16.9 Å². The molecule has 2 aromatic rings. The Balaban J connectivity index is 2.49. The normalized spacial score (nSPS) is 11.4. The van der Waals surface area contributed by atoms with Crippen LogP contribution in [0.15, 0.2) is 41.0 Å². The molecule has 3 nitrogen and oxygen atoms in total. The number of esters is 1. The number of benzene rings is 1. The van der Waals surface area contributed by atoms with Gasteiger partial charge in [0.05, 0.1) is 18.9 Å². The molecule has 0 unspecified atom stereocenters. The van der Waals surface area contributed by atoms with E-state index < -0.39 is 17.7 Å². The number of rotatable bonds is 2. The van der Waals surface area contributed by atoms with Crippen molar-refractivity contribution in [2.75, 3.05) is 7.11 Å². The Labute approximate surface area is 106 Å². The number of furan rings is 1. The van der Waals surface area contributed by atoms with Crippen LogP contribution in [0.1, 0.15) is 16.1 Å². The summed E-state index contributed by atoms with van der Waals surface area (Å²) in [6.07, 6.45) is -3.22. The number of carbonyl (C=O) groups is 1. The molecule has 0 aliphatic rings. The topological polar surface area (TPSA) is 39.4 Å². The van der Waals surface area contributed by atoms with Crippen LogP contribution in [0.25, 0.3) is 11.1 Å². The van der Waals surface area contributed by atoms with Crippen molar-refractivity contribution in [3.8, 4) is 11.1 Å². The second-order valence-electron chi connectivity index (χ2n) is 3.73. The molecular formula is C13H9F3O3. The maximum Gasteiger partial charge on any atom is 0.416 e. The van der Waals surface area contributed by atoms with Crippen molar-refractivity contribution in [1.29, 1.82) is 0 Å². The molecule has 1 aromatic carbocycles. The molecule has 0 saturated heterocycles. The van der Waals surface area contributed by atoms with E-state index in [0.29, 0.717) is 0 Å². The van der Waals surface area contributed by atoms with Crippen LogP contribution in [-0.4, -0.2) is 13.1 Å². The van der Waals surface area contributed by atoms with Crippen molar-refractivity contribution in [2.45, 2.75) is 6.18 Å². The summed E-state index contributed by atoms with van der Waals surface area (Å²) in [6.45, 7) is 0. The summed E-state index contributed by atoms with van der Waals surface area (Å²) < 4.78 is 47.3. The average Bonchev–Trinajstić information content (AvgIpc) is 2.86. The predicted octanol–water partition coefficient (Wildman–Crippen LogP) is 3.75. The first-order chi connectivity index (χ1) is 8.93. The monoisotopic (exact) mass is 270 g/mol. The molecule has 100 valence electrons. The minimum atomic E-state index is -4.44. The molecule has 0 aliphatic carbocycles. The number of methoxy groups -OCH3 is 1. The lowest BCUT2D eigenvalue weighted by Gasteiger charge is -2.08. The molecule has 0 atom stereocenters. The molecule has 6 heteroatoms. The highest BCUT2D eigenvalue weighted by Crippen LogP contribution is 2.33. The number of ether oxygens (including phenoxy) is 1. The van der Waals surface area contributed by atoms with Crippen molar-refractivity contribution >= 4 is 5.97 Å². The second-order valence-corrected chi connectivity index (χ2v) is 3.73. The molecule has 19 heavy (non-hydrogen) atoms. The fourth-order valence-corrected chi connectivity index (χ4v) is 1.65. The van der Waals surface area contributed by atoms with Gasteiger partial charge in [0.1, 0.15) is 0 Å². The van der Waals surface area contributed by atoms with Gasteiger partial charge in [-0.15, -0.1) is 0 Å². The van der Waals surface area contributed by atoms with Crippen LogP contribution in [-0.2, 0) is 10.9 Å². The van der Waals surface area contributed by atoms with E-state index in [1.807, 2.05) is 0 Å². The molecule has 0 fully saturated rings. The van der Waals surface area contributed by atoms with Crippen molar-refractivity contribution in [2.24, 2.45) is 0 Å². The van der Waals surface area contributed by atoms with Gasteiger partial charge in [0.2, 0.25) is 5.76 Å². The van der Waals surface area contributed by atoms with Crippen molar-refractivity contribution in [3.63, 3.8) is 0 Å². The van der Waals surface area contributed by atoms with E-state index >= 15 is 0 Å². The van der Waals surface area contributed by atoms with Crippen molar-refractivity contribution in [3.05, 3.63) is 47.9 Å². The van der Waals surface area contributed by atoms with E-state index in [1.54, 1.807) is 0 Å². The van der Waals surface area contributed by atoms with Gasteiger partial charge in [-0.25, -0.2) is 4.79 Å². The van der Waals surface area contributed by atoms with Gasteiger partial charge in [0.25, 0.3) is 0 Å². The molecule has 1 heterocycles. The number of alkyl halides is 3. The number of halogens is 3. The lowest BCUT2D eigenvalue weighted by Crippen LogP contribution is -2.05. The van der Waals surface area contributed by atoms with E-state index in [2.05, 4.69) is 4.74 Å². The molecule has 2 rings (SSSR count). The maximum atomic E-state index is 12.6. The van der Waals surface area contributed by atoms with Gasteiger partial charge >= 0.3 is 12.1 Å². The highest BCUT2D eigenvalue weighted by molar-refractivity contribution is 5.94. The van der Waals surface area contributed by atoms with Gasteiger partial charge < -0.3 is 9.15 Å². The van der Waals surface area contributed by atoms with Crippen LogP contribution in [0.3, 0.4) is 0 Å². The Hall–Kier alpha value is -2.24. The quantitative estimate of drug-likeness (QED) is 0.780. The minimum Gasteiger partial charge on any atom is -0.463 e. The first-order valence-electron chi connectivity index (χ1n) is 5.27. The molecular weight excluding hydrogens is 261 g/mol. The van der Waals surface area contributed by atoms with Gasteiger partial charge in [-0.2, -0.15) is 13.2 Å². The van der Waals surface area contributed by atoms with Gasteiger partial charge in [0.15, 0.2) is 0 Å². The van der Waals surface area contributed by atoms with Crippen molar-refractivity contribution in [1.82, 2.24) is 0 Å². The molecule has 0 N–H and O–H groups in total. The van der Waals surface area contributed by atoms with Crippen LogP contribution >= 0.6 is 0 Å². The molecule has 0 radical (unpaired) electrons. The molecule has 0 amide bonds. The number of hydrogen-bond donors (Lipinski definition) is 0. The van der Waals surface area contributed by atoms with E-state index in [1.165, 1.54) is 31.6 Å². The minimum absolute atomic E-state index is 0.123. The predicted molar refractivity (Wildman–Crippen MR) is 60.5 cm³/mol. The Bertz CT molecular complexity index is 599. The Morgan fingerprint density at radius 3 is 2.63 bits per heavy atom. The average molecular weight is 270 g/mol. The van der Waals surface area contributed by atoms with Gasteiger partial charge in [0, 0.05) is 5.56 Å². The summed E-state index contributed by atoms with van der Waals surface area (Å²) in [4.78, 5) is 11.4. The summed E-state index contributed by atoms with van der Waals surface area (Å²) >= 11 is 0. The highest BCUT2D eigenvalue weighted by atomic mass is 19.4. The summed E-state index contributed by atoms with van der Waals surface area (Å²) in [5.41, 5.74) is -0.288. The third-order valence-corrected chi connectivity index (χ3v) is 2.54. The fraction of sp³-hybridized carbons (Fsp3) is 0.154. The van der Waals surface area contributed by atoms with E-state index in [0.717, 1.165) is 12.1 Å². The SMILES string of the molecule is COC(=O)c1occc1-c1cccc(C(F)(F)F)c1. The molecule has 0 spiro atoms. The molecule has 1 aromatic heterocycles. The van der Waals surface area contributed by atoms with Crippen LogP contribution in [0.5, 0.6) is 0 Å². The zero-order valence-corrected chi connectivity index (χ0v) is 9.82. The van der Waals surface area contributed by atoms with Gasteiger partial charge in [-0.1, -0.05) is 12.1 Å². The van der Waals surface area contributed by atoms with Crippen LogP contribution < -0.4 is 0 Å². The Morgan fingerprint density at radius 1 is 1.26 bits per heavy atom. The standard InChI is InChI=1S/C13H9F3O3/c1-18-12(17)11-10(5-6-19-11)8-3-2-4-9(7-8)13(14,15)16/h2-7H,1H3. The van der Waals surface area contributed by atoms with Crippen LogP contribution in [0.4, 0.5) is 13.2 Å². The molecule has 0 saturated carbocycles. The van der Waals surface area contributed by atoms with E-state index in [4.69, 9.17) is 4.42 Å². The highest BCUT2D eigenvalue weighted by Gasteiger charge is 2.31.